The third-order valence-corrected chi connectivity index (χ3v) is 2.23. The number of hydroxylamine groups is 1. The number of anilines is 2. The molecule has 0 atom stereocenters. The smallest absolute Gasteiger partial charge is 0.199 e. The van der Waals surface area contributed by atoms with Crippen molar-refractivity contribution in [2.45, 2.75) is 6.92 Å². The van der Waals surface area contributed by atoms with Gasteiger partial charge in [0.1, 0.15) is 0 Å². The number of nitrogen functional groups attached to an aromatic ring is 1. The van der Waals surface area contributed by atoms with Crippen LogP contribution in [0.1, 0.15) is 11.3 Å². The van der Waals surface area contributed by atoms with E-state index in [0.29, 0.717) is 10.8 Å². The van der Waals surface area contributed by atoms with Gasteiger partial charge in [0.2, 0.25) is 0 Å². The molecule has 7 heteroatoms. The molecule has 4 N–H and O–H groups in total. The number of nitrogens with zero attached hydrogens (tertiary/aromatic N) is 3. The van der Waals surface area contributed by atoms with Crippen molar-refractivity contribution in [3.8, 4) is 0 Å². The lowest BCUT2D eigenvalue weighted by molar-refractivity contribution is 0.300. The zero-order chi connectivity index (χ0) is 12.4. The highest BCUT2D eigenvalue weighted by molar-refractivity contribution is 6.07. The second kappa shape index (κ2) is 4.22. The molecule has 7 nitrogen and oxygen atoms in total. The predicted octanol–water partition coefficient (Wildman–Crippen LogP) is 1.18. The molecule has 0 unspecified atom stereocenters. The minimum Gasteiger partial charge on any atom is -0.379 e. The molecule has 0 fully saturated rings. The Bertz CT molecular complexity index is 534. The van der Waals surface area contributed by atoms with E-state index < -0.39 is 0 Å². The molecule has 0 spiro atoms. The summed E-state index contributed by atoms with van der Waals surface area (Å²) in [5.74, 6) is -0.339. The van der Waals surface area contributed by atoms with Gasteiger partial charge in [0.25, 0.3) is 0 Å². The van der Waals surface area contributed by atoms with Gasteiger partial charge in [-0.1, -0.05) is 17.7 Å². The summed E-state index contributed by atoms with van der Waals surface area (Å²) in [5, 5.41) is 25.0. The first-order valence-electron chi connectivity index (χ1n) is 4.82. The lowest BCUT2D eigenvalue weighted by Crippen LogP contribution is -2.28. The number of rotatable bonds is 2. The van der Waals surface area contributed by atoms with Crippen molar-refractivity contribution in [2.75, 3.05) is 10.8 Å². The zero-order valence-corrected chi connectivity index (χ0v) is 9.08. The van der Waals surface area contributed by atoms with Crippen LogP contribution < -0.4 is 10.8 Å². The van der Waals surface area contributed by atoms with E-state index in [1.54, 1.807) is 12.1 Å². The Hall–Kier alpha value is -2.41. The molecule has 1 aromatic carbocycles. The molecule has 1 aromatic heterocycles. The quantitative estimate of drug-likeness (QED) is 0.408. The number of hydrogen-bond acceptors (Lipinski definition) is 6. The maximum absolute atomic E-state index is 9.82. The number of hydrogen-bond donors (Lipinski definition) is 3. The van der Waals surface area contributed by atoms with E-state index >= 15 is 0 Å². The molecule has 0 amide bonds. The van der Waals surface area contributed by atoms with Crippen LogP contribution in [0.5, 0.6) is 0 Å². The molecule has 2 aromatic rings. The molecule has 0 radical (unpaired) electrons. The molecule has 17 heavy (non-hydrogen) atoms. The Balaban J connectivity index is 2.26. The summed E-state index contributed by atoms with van der Waals surface area (Å²) in [4.78, 5) is 0. The summed E-state index contributed by atoms with van der Waals surface area (Å²) < 4.78 is 4.37. The SMILES string of the molecule is Cc1ccc(N(O)C(=N)c2nonc2N)cc1. The first-order chi connectivity index (χ1) is 8.09. The zero-order valence-electron chi connectivity index (χ0n) is 9.08. The molecule has 0 aliphatic heterocycles. The van der Waals surface area contributed by atoms with Gasteiger partial charge >= 0.3 is 0 Å². The van der Waals surface area contributed by atoms with Crippen LogP contribution in [0.3, 0.4) is 0 Å². The van der Waals surface area contributed by atoms with Crippen molar-refractivity contribution in [3.05, 3.63) is 35.5 Å². The molecule has 0 saturated heterocycles. The van der Waals surface area contributed by atoms with Crippen LogP contribution in [0.15, 0.2) is 28.9 Å². The molecule has 1 heterocycles. The number of nitrogens with two attached hydrogens (primary N) is 1. The summed E-state index contributed by atoms with van der Waals surface area (Å²) in [6.07, 6.45) is 0. The van der Waals surface area contributed by atoms with E-state index in [1.165, 1.54) is 0 Å². The van der Waals surface area contributed by atoms with E-state index in [1.807, 2.05) is 19.1 Å². The van der Waals surface area contributed by atoms with Crippen LogP contribution in [0.4, 0.5) is 11.5 Å². The lowest BCUT2D eigenvalue weighted by atomic mass is 10.2. The average Bonchev–Trinajstić information content (AvgIpc) is 2.74. The van der Waals surface area contributed by atoms with E-state index in [9.17, 15) is 5.21 Å². The first-order valence-corrected chi connectivity index (χ1v) is 4.82. The van der Waals surface area contributed by atoms with Gasteiger partial charge in [-0.15, -0.1) is 0 Å². The van der Waals surface area contributed by atoms with Gasteiger partial charge in [-0.25, -0.2) is 9.69 Å². The Morgan fingerprint density at radius 1 is 1.35 bits per heavy atom. The Labute approximate surface area is 96.9 Å². The molecule has 88 valence electrons. The van der Waals surface area contributed by atoms with Crippen molar-refractivity contribution in [2.24, 2.45) is 0 Å². The maximum atomic E-state index is 9.82. The normalized spacial score (nSPS) is 10.2. The Morgan fingerprint density at radius 2 is 2.00 bits per heavy atom. The topological polar surface area (TPSA) is 112 Å². The molecule has 0 aliphatic rings. The minimum atomic E-state index is -0.299. The van der Waals surface area contributed by atoms with Crippen molar-refractivity contribution in [1.82, 2.24) is 10.3 Å². The van der Waals surface area contributed by atoms with Crippen molar-refractivity contribution >= 4 is 17.3 Å². The molecule has 2 rings (SSSR count). The molecular weight excluding hydrogens is 222 g/mol. The van der Waals surface area contributed by atoms with Crippen molar-refractivity contribution < 1.29 is 9.84 Å². The number of amidine groups is 1. The predicted molar refractivity (Wildman–Crippen MR) is 61.0 cm³/mol. The minimum absolute atomic E-state index is 0.00641. The van der Waals surface area contributed by atoms with Gasteiger partial charge in [0.05, 0.1) is 5.69 Å². The third-order valence-electron chi connectivity index (χ3n) is 2.23. The maximum Gasteiger partial charge on any atom is 0.199 e. The lowest BCUT2D eigenvalue weighted by Gasteiger charge is -2.15. The van der Waals surface area contributed by atoms with Crippen LogP contribution in [-0.4, -0.2) is 21.4 Å². The van der Waals surface area contributed by atoms with Crippen LogP contribution in [-0.2, 0) is 0 Å². The van der Waals surface area contributed by atoms with Crippen LogP contribution >= 0.6 is 0 Å². The molecule has 0 bridgehead atoms. The second-order valence-corrected chi connectivity index (χ2v) is 3.49. The standard InChI is InChI=1S/C10H11N5O2/c1-6-2-4-7(5-3-6)15(16)10(12)8-9(11)14-17-13-8/h2-5,12,16H,1H3,(H2,11,14). The fourth-order valence-electron chi connectivity index (χ4n) is 1.28. The molecule has 0 aliphatic carbocycles. The largest absolute Gasteiger partial charge is 0.379 e. The van der Waals surface area contributed by atoms with E-state index in [2.05, 4.69) is 14.9 Å². The monoisotopic (exact) mass is 233 g/mol. The summed E-state index contributed by atoms with van der Waals surface area (Å²) in [7, 11) is 0. The fraction of sp³-hybridized carbons (Fsp3) is 0.100. The summed E-state index contributed by atoms with van der Waals surface area (Å²) >= 11 is 0. The van der Waals surface area contributed by atoms with Gasteiger partial charge in [0.15, 0.2) is 17.3 Å². The number of benzene rings is 1. The first kappa shape index (κ1) is 11.1. The number of aryl methyl sites for hydroxylation is 1. The Morgan fingerprint density at radius 3 is 2.53 bits per heavy atom. The highest BCUT2D eigenvalue weighted by Crippen LogP contribution is 2.16. The van der Waals surface area contributed by atoms with Gasteiger partial charge in [-0.2, -0.15) is 0 Å². The van der Waals surface area contributed by atoms with Crippen molar-refractivity contribution in [1.29, 1.82) is 5.41 Å². The average molecular weight is 233 g/mol. The number of aromatic nitrogens is 2. The fourth-order valence-corrected chi connectivity index (χ4v) is 1.28. The van der Waals surface area contributed by atoms with E-state index in [0.717, 1.165) is 5.56 Å². The van der Waals surface area contributed by atoms with Crippen molar-refractivity contribution in [3.63, 3.8) is 0 Å². The molecular formula is C10H11N5O2. The highest BCUT2D eigenvalue weighted by atomic mass is 16.6. The molecule has 0 saturated carbocycles. The second-order valence-electron chi connectivity index (χ2n) is 3.49. The van der Waals surface area contributed by atoms with Crippen LogP contribution in [0.2, 0.25) is 0 Å². The van der Waals surface area contributed by atoms with E-state index in [4.69, 9.17) is 11.1 Å². The van der Waals surface area contributed by atoms with Crippen LogP contribution in [0, 0.1) is 12.3 Å². The third kappa shape index (κ3) is 2.08. The highest BCUT2D eigenvalue weighted by Gasteiger charge is 2.18. The van der Waals surface area contributed by atoms with Crippen LogP contribution in [0.25, 0.3) is 0 Å². The summed E-state index contributed by atoms with van der Waals surface area (Å²) in [6.45, 7) is 1.93. The van der Waals surface area contributed by atoms with E-state index in [-0.39, 0.29) is 17.3 Å². The van der Waals surface area contributed by atoms with Gasteiger partial charge in [-0.3, -0.25) is 10.6 Å². The van der Waals surface area contributed by atoms with Gasteiger partial charge < -0.3 is 5.73 Å². The van der Waals surface area contributed by atoms with Gasteiger partial charge in [-0.05, 0) is 29.4 Å². The van der Waals surface area contributed by atoms with Gasteiger partial charge in [0, 0.05) is 0 Å². The Kier molecular flexibility index (Phi) is 2.75. The summed E-state index contributed by atoms with van der Waals surface area (Å²) in [6, 6.07) is 6.98. The number of nitrogens with one attached hydrogen (secondary N) is 1. The summed E-state index contributed by atoms with van der Waals surface area (Å²) in [5.41, 5.74) is 6.91.